The van der Waals surface area contributed by atoms with Crippen LogP contribution in [0.1, 0.15) is 23.7 Å². The van der Waals surface area contributed by atoms with Gasteiger partial charge in [0.25, 0.3) is 11.6 Å². The summed E-state index contributed by atoms with van der Waals surface area (Å²) in [5, 5.41) is 10.7. The van der Waals surface area contributed by atoms with Crippen molar-refractivity contribution in [3.05, 3.63) is 37.4 Å². The highest BCUT2D eigenvalue weighted by molar-refractivity contribution is 14.1. The topological polar surface area (TPSA) is 89.5 Å². The molecule has 1 aromatic rings. The van der Waals surface area contributed by atoms with E-state index in [0.717, 1.165) is 6.42 Å². The van der Waals surface area contributed by atoms with Crippen LogP contribution in [0.4, 0.5) is 5.69 Å². The van der Waals surface area contributed by atoms with Gasteiger partial charge in [0.05, 0.1) is 10.5 Å². The molecule has 1 heterocycles. The highest BCUT2D eigenvalue weighted by Gasteiger charge is 2.35. The SMILES string of the molecule is CC1(CN)CCN(C(=O)c2ccc([N+](=O)[O-])cc2I)C1. The van der Waals surface area contributed by atoms with Crippen molar-refractivity contribution in [1.82, 2.24) is 4.90 Å². The maximum atomic E-state index is 12.5. The molecular weight excluding hydrogens is 373 g/mol. The molecule has 1 aliphatic rings. The van der Waals surface area contributed by atoms with Gasteiger partial charge in [-0.3, -0.25) is 14.9 Å². The minimum absolute atomic E-state index is 0.000770. The molecule has 0 spiro atoms. The molecule has 1 aliphatic heterocycles. The van der Waals surface area contributed by atoms with Crippen LogP contribution in [0, 0.1) is 19.1 Å². The summed E-state index contributed by atoms with van der Waals surface area (Å²) in [6.45, 7) is 3.93. The zero-order valence-electron chi connectivity index (χ0n) is 11.1. The number of halogens is 1. The van der Waals surface area contributed by atoms with E-state index in [1.807, 2.05) is 22.6 Å². The fourth-order valence-electron chi connectivity index (χ4n) is 2.33. The maximum absolute atomic E-state index is 12.5. The second-order valence-electron chi connectivity index (χ2n) is 5.41. The standard InChI is InChI=1S/C13H16IN3O3/c1-13(7-15)4-5-16(8-13)12(18)10-3-2-9(17(19)20)6-11(10)14/h2-3,6H,4-5,7-8,15H2,1H3. The van der Waals surface area contributed by atoms with Crippen molar-refractivity contribution in [2.24, 2.45) is 11.1 Å². The van der Waals surface area contributed by atoms with Crippen LogP contribution in [0.15, 0.2) is 18.2 Å². The molecule has 6 nitrogen and oxygen atoms in total. The molecule has 0 bridgehead atoms. The molecule has 20 heavy (non-hydrogen) atoms. The maximum Gasteiger partial charge on any atom is 0.270 e. The summed E-state index contributed by atoms with van der Waals surface area (Å²) in [6, 6.07) is 4.32. The number of nitrogens with zero attached hydrogens (tertiary/aromatic N) is 2. The van der Waals surface area contributed by atoms with Crippen molar-refractivity contribution in [2.75, 3.05) is 19.6 Å². The lowest BCUT2D eigenvalue weighted by Gasteiger charge is -2.22. The first kappa shape index (κ1) is 15.2. The van der Waals surface area contributed by atoms with Gasteiger partial charge in [0.2, 0.25) is 0 Å². The zero-order chi connectivity index (χ0) is 14.9. The van der Waals surface area contributed by atoms with E-state index in [1.165, 1.54) is 18.2 Å². The van der Waals surface area contributed by atoms with E-state index >= 15 is 0 Å². The van der Waals surface area contributed by atoms with E-state index in [4.69, 9.17) is 5.73 Å². The number of hydrogen-bond donors (Lipinski definition) is 1. The minimum atomic E-state index is -0.461. The third kappa shape index (κ3) is 2.93. The Morgan fingerprint density at radius 3 is 2.80 bits per heavy atom. The Morgan fingerprint density at radius 2 is 2.30 bits per heavy atom. The third-order valence-corrected chi connectivity index (χ3v) is 4.62. The summed E-state index contributed by atoms with van der Waals surface area (Å²) in [6.07, 6.45) is 0.888. The Balaban J connectivity index is 2.20. The van der Waals surface area contributed by atoms with Crippen LogP contribution in [0.5, 0.6) is 0 Å². The van der Waals surface area contributed by atoms with E-state index in [-0.39, 0.29) is 17.0 Å². The highest BCUT2D eigenvalue weighted by Crippen LogP contribution is 2.30. The Morgan fingerprint density at radius 1 is 1.60 bits per heavy atom. The number of rotatable bonds is 3. The number of carbonyl (C=O) groups is 1. The Bertz CT molecular complexity index is 564. The fourth-order valence-corrected chi connectivity index (χ4v) is 3.05. The van der Waals surface area contributed by atoms with Crippen LogP contribution in [-0.2, 0) is 0 Å². The second-order valence-corrected chi connectivity index (χ2v) is 6.57. The van der Waals surface area contributed by atoms with E-state index in [0.29, 0.717) is 28.8 Å². The average Bonchev–Trinajstić information content (AvgIpc) is 2.81. The lowest BCUT2D eigenvalue weighted by Crippen LogP contribution is -2.34. The van der Waals surface area contributed by atoms with Gasteiger partial charge < -0.3 is 10.6 Å². The Labute approximate surface area is 130 Å². The number of hydrogen-bond acceptors (Lipinski definition) is 4. The van der Waals surface area contributed by atoms with Gasteiger partial charge in [-0.2, -0.15) is 0 Å². The van der Waals surface area contributed by atoms with Gasteiger partial charge in [0.15, 0.2) is 0 Å². The first-order valence-corrected chi connectivity index (χ1v) is 7.37. The molecule has 108 valence electrons. The van der Waals surface area contributed by atoms with E-state index in [2.05, 4.69) is 6.92 Å². The quantitative estimate of drug-likeness (QED) is 0.487. The van der Waals surface area contributed by atoms with Crippen molar-refractivity contribution in [3.8, 4) is 0 Å². The number of amides is 1. The van der Waals surface area contributed by atoms with Crippen molar-refractivity contribution >= 4 is 34.2 Å². The minimum Gasteiger partial charge on any atom is -0.338 e. The molecule has 0 radical (unpaired) electrons. The number of benzene rings is 1. The molecular formula is C13H16IN3O3. The highest BCUT2D eigenvalue weighted by atomic mass is 127. The van der Waals surface area contributed by atoms with Gasteiger partial charge in [-0.25, -0.2) is 0 Å². The average molecular weight is 389 g/mol. The summed E-state index contributed by atoms with van der Waals surface area (Å²) in [5.41, 5.74) is 6.22. The molecule has 1 atom stereocenters. The summed E-state index contributed by atoms with van der Waals surface area (Å²) in [7, 11) is 0. The number of carbonyl (C=O) groups excluding carboxylic acids is 1. The molecule has 0 saturated carbocycles. The summed E-state index contributed by atoms with van der Waals surface area (Å²) >= 11 is 1.96. The molecule has 0 aromatic heterocycles. The molecule has 1 unspecified atom stereocenters. The first-order chi connectivity index (χ1) is 9.36. The van der Waals surface area contributed by atoms with Gasteiger partial charge in [-0.1, -0.05) is 6.92 Å². The van der Waals surface area contributed by atoms with Crippen molar-refractivity contribution in [1.29, 1.82) is 0 Å². The van der Waals surface area contributed by atoms with Crippen molar-refractivity contribution in [2.45, 2.75) is 13.3 Å². The summed E-state index contributed by atoms with van der Waals surface area (Å²) in [5.74, 6) is -0.0820. The van der Waals surface area contributed by atoms with Crippen LogP contribution in [0.25, 0.3) is 0 Å². The summed E-state index contributed by atoms with van der Waals surface area (Å²) < 4.78 is 0.600. The molecule has 0 aliphatic carbocycles. The number of nitro benzene ring substituents is 1. The Hall–Kier alpha value is -1.22. The molecule has 2 rings (SSSR count). The molecule has 7 heteroatoms. The predicted octanol–water partition coefficient (Wildman–Crippen LogP) is 2.01. The number of nitro groups is 1. The predicted molar refractivity (Wildman–Crippen MR) is 83.5 cm³/mol. The smallest absolute Gasteiger partial charge is 0.270 e. The van der Waals surface area contributed by atoms with Crippen molar-refractivity contribution < 1.29 is 9.72 Å². The summed E-state index contributed by atoms with van der Waals surface area (Å²) in [4.78, 5) is 24.5. The zero-order valence-corrected chi connectivity index (χ0v) is 13.3. The Kier molecular flexibility index (Phi) is 4.28. The van der Waals surface area contributed by atoms with E-state index < -0.39 is 4.92 Å². The normalized spacial score (nSPS) is 22.1. The lowest BCUT2D eigenvalue weighted by molar-refractivity contribution is -0.384. The largest absolute Gasteiger partial charge is 0.338 e. The number of non-ortho nitro benzene ring substituents is 1. The molecule has 1 aromatic carbocycles. The number of nitrogens with two attached hydrogens (primary N) is 1. The van der Waals surface area contributed by atoms with E-state index in [1.54, 1.807) is 4.90 Å². The molecule has 2 N–H and O–H groups in total. The fraction of sp³-hybridized carbons (Fsp3) is 0.462. The lowest BCUT2D eigenvalue weighted by atomic mass is 9.90. The van der Waals surface area contributed by atoms with Crippen LogP contribution in [-0.4, -0.2) is 35.4 Å². The van der Waals surface area contributed by atoms with Gasteiger partial charge in [0.1, 0.15) is 0 Å². The first-order valence-electron chi connectivity index (χ1n) is 6.29. The molecule has 1 fully saturated rings. The third-order valence-electron chi connectivity index (χ3n) is 3.73. The van der Waals surface area contributed by atoms with Crippen LogP contribution in [0.2, 0.25) is 0 Å². The number of likely N-dealkylation sites (tertiary alicyclic amines) is 1. The second kappa shape index (κ2) is 5.65. The van der Waals surface area contributed by atoms with E-state index in [9.17, 15) is 14.9 Å². The van der Waals surface area contributed by atoms with Crippen molar-refractivity contribution in [3.63, 3.8) is 0 Å². The monoisotopic (exact) mass is 389 g/mol. The molecule has 1 saturated heterocycles. The van der Waals surface area contributed by atoms with Crippen LogP contribution in [0.3, 0.4) is 0 Å². The van der Waals surface area contributed by atoms with Gasteiger partial charge in [0, 0.05) is 28.8 Å². The van der Waals surface area contributed by atoms with Gasteiger partial charge in [-0.05, 0) is 47.0 Å². The molecule has 1 amide bonds. The van der Waals surface area contributed by atoms with Crippen LogP contribution >= 0.6 is 22.6 Å². The van der Waals surface area contributed by atoms with Crippen LogP contribution < -0.4 is 5.73 Å². The van der Waals surface area contributed by atoms with Gasteiger partial charge >= 0.3 is 0 Å². The van der Waals surface area contributed by atoms with Gasteiger partial charge in [-0.15, -0.1) is 0 Å².